The number of para-hydroxylation sites is 1. The van der Waals surface area contributed by atoms with Crippen LogP contribution in [0.25, 0.3) is 27.4 Å². The zero-order valence-electron chi connectivity index (χ0n) is 17.3. The van der Waals surface area contributed by atoms with Crippen LogP contribution in [0.5, 0.6) is 0 Å². The first-order valence-corrected chi connectivity index (χ1v) is 10.4. The van der Waals surface area contributed by atoms with E-state index in [1.54, 1.807) is 23.5 Å². The molecule has 0 saturated carbocycles. The number of ether oxygens (including phenoxy) is 2. The van der Waals surface area contributed by atoms with Crippen molar-refractivity contribution in [2.45, 2.75) is 6.92 Å². The number of rotatable bonds is 5. The molecule has 0 amide bonds. The summed E-state index contributed by atoms with van der Waals surface area (Å²) in [6, 6.07) is 21.0. The number of hydrogen-bond acceptors (Lipinski definition) is 6. The Bertz CT molecular complexity index is 1260. The molecule has 4 aromatic rings. The predicted molar refractivity (Wildman–Crippen MR) is 120 cm³/mol. The van der Waals surface area contributed by atoms with Crippen LogP contribution >= 0.6 is 11.3 Å². The second kappa shape index (κ2) is 8.57. The maximum atomic E-state index is 12.8. The molecule has 31 heavy (non-hydrogen) atoms. The zero-order valence-corrected chi connectivity index (χ0v) is 18.1. The summed E-state index contributed by atoms with van der Waals surface area (Å²) in [5.74, 6) is -1.33. The third-order valence-corrected chi connectivity index (χ3v) is 5.87. The minimum Gasteiger partial charge on any atom is -0.465 e. The largest absolute Gasteiger partial charge is 0.465 e. The topological polar surface area (TPSA) is 70.4 Å². The lowest BCUT2D eigenvalue weighted by Crippen LogP contribution is -2.15. The summed E-state index contributed by atoms with van der Waals surface area (Å²) >= 11 is 1.68. The monoisotopic (exact) mass is 432 g/mol. The van der Waals surface area contributed by atoms with Gasteiger partial charge in [0.2, 0.25) is 0 Å². The lowest BCUT2D eigenvalue weighted by atomic mass is 10.0. The Balaban J connectivity index is 1.97. The van der Waals surface area contributed by atoms with Crippen molar-refractivity contribution in [3.63, 3.8) is 0 Å². The summed E-state index contributed by atoms with van der Waals surface area (Å²) in [7, 11) is 2.54. The van der Waals surface area contributed by atoms with Crippen LogP contribution in [0.3, 0.4) is 0 Å². The fourth-order valence-electron chi connectivity index (χ4n) is 3.37. The Labute approximate surface area is 183 Å². The highest BCUT2D eigenvalue weighted by Crippen LogP contribution is 2.34. The van der Waals surface area contributed by atoms with E-state index in [1.807, 2.05) is 42.5 Å². The molecule has 4 rings (SSSR count). The summed E-state index contributed by atoms with van der Waals surface area (Å²) < 4.78 is 11.4. The molecule has 0 bridgehead atoms. The molecule has 7 heteroatoms. The molecule has 0 aliphatic rings. The van der Waals surface area contributed by atoms with Gasteiger partial charge in [0, 0.05) is 15.3 Å². The Morgan fingerprint density at radius 1 is 0.871 bits per heavy atom. The highest BCUT2D eigenvalue weighted by molar-refractivity contribution is 7.15. The van der Waals surface area contributed by atoms with Gasteiger partial charge in [-0.25, -0.2) is 14.3 Å². The number of carbonyl (C=O) groups excluding carboxylic acids is 2. The molecule has 2 aromatic heterocycles. The van der Waals surface area contributed by atoms with Gasteiger partial charge in [-0.3, -0.25) is 0 Å². The summed E-state index contributed by atoms with van der Waals surface area (Å²) in [6.45, 7) is 2.05. The number of hydrogen-bond donors (Lipinski definition) is 0. The first-order valence-electron chi connectivity index (χ1n) is 9.55. The van der Waals surface area contributed by atoms with E-state index in [4.69, 9.17) is 9.47 Å². The van der Waals surface area contributed by atoms with E-state index >= 15 is 0 Å². The minimum absolute atomic E-state index is 0.0212. The SMILES string of the molecule is COC(=O)c1c(-c2cccc(-c3ccc(C)s3)c2)nn(-c2ccccc2)c1C(=O)OC. The Morgan fingerprint density at radius 2 is 1.58 bits per heavy atom. The van der Waals surface area contributed by atoms with E-state index in [1.165, 1.54) is 23.8 Å². The standard InChI is InChI=1S/C24H20N2O4S/c1-15-12-13-19(31-15)16-8-7-9-17(14-16)21-20(23(27)29-2)22(24(28)30-3)26(25-21)18-10-5-4-6-11-18/h4-14H,1-3H3. The van der Waals surface area contributed by atoms with Crippen molar-refractivity contribution in [3.05, 3.63) is 82.9 Å². The van der Waals surface area contributed by atoms with Crippen LogP contribution in [0.4, 0.5) is 0 Å². The normalized spacial score (nSPS) is 10.7. The number of methoxy groups -OCH3 is 2. The molecule has 0 aliphatic heterocycles. The van der Waals surface area contributed by atoms with E-state index in [0.29, 0.717) is 16.9 Å². The maximum absolute atomic E-state index is 12.8. The van der Waals surface area contributed by atoms with Crippen molar-refractivity contribution < 1.29 is 19.1 Å². The van der Waals surface area contributed by atoms with Gasteiger partial charge in [-0.2, -0.15) is 5.10 Å². The van der Waals surface area contributed by atoms with E-state index in [2.05, 4.69) is 24.2 Å². The Morgan fingerprint density at radius 3 is 2.23 bits per heavy atom. The molecular weight excluding hydrogens is 412 g/mol. The fourth-order valence-corrected chi connectivity index (χ4v) is 4.23. The fraction of sp³-hybridized carbons (Fsp3) is 0.125. The molecule has 2 heterocycles. The van der Waals surface area contributed by atoms with Crippen LogP contribution in [0.1, 0.15) is 25.7 Å². The number of aryl methyl sites for hydroxylation is 1. The number of carbonyl (C=O) groups is 2. The van der Waals surface area contributed by atoms with Gasteiger partial charge in [-0.05, 0) is 42.8 Å². The molecule has 156 valence electrons. The predicted octanol–water partition coefficient (Wildman–Crippen LogP) is 5.15. The molecule has 0 radical (unpaired) electrons. The maximum Gasteiger partial charge on any atom is 0.357 e. The minimum atomic E-state index is -0.673. The van der Waals surface area contributed by atoms with Gasteiger partial charge in [0.1, 0.15) is 11.3 Å². The molecule has 0 unspecified atom stereocenters. The van der Waals surface area contributed by atoms with Crippen LogP contribution < -0.4 is 0 Å². The van der Waals surface area contributed by atoms with Gasteiger partial charge in [0.15, 0.2) is 5.69 Å². The third kappa shape index (κ3) is 3.87. The number of aromatic nitrogens is 2. The number of thiophene rings is 1. The third-order valence-electron chi connectivity index (χ3n) is 4.82. The van der Waals surface area contributed by atoms with E-state index in [-0.39, 0.29) is 11.3 Å². The average molecular weight is 433 g/mol. The molecule has 0 N–H and O–H groups in total. The van der Waals surface area contributed by atoms with Crippen LogP contribution in [0.2, 0.25) is 0 Å². The van der Waals surface area contributed by atoms with Crippen molar-refractivity contribution in [1.29, 1.82) is 0 Å². The first kappa shape index (κ1) is 20.6. The lowest BCUT2D eigenvalue weighted by molar-refractivity contribution is 0.0549. The van der Waals surface area contributed by atoms with E-state index < -0.39 is 11.9 Å². The van der Waals surface area contributed by atoms with Crippen molar-refractivity contribution in [1.82, 2.24) is 9.78 Å². The molecule has 0 saturated heterocycles. The molecule has 0 atom stereocenters. The van der Waals surface area contributed by atoms with E-state index in [9.17, 15) is 9.59 Å². The van der Waals surface area contributed by atoms with Gasteiger partial charge in [0.05, 0.1) is 19.9 Å². The number of esters is 2. The van der Waals surface area contributed by atoms with Crippen LogP contribution in [-0.4, -0.2) is 35.9 Å². The van der Waals surface area contributed by atoms with Crippen LogP contribution in [-0.2, 0) is 9.47 Å². The van der Waals surface area contributed by atoms with Gasteiger partial charge < -0.3 is 9.47 Å². The quantitative estimate of drug-likeness (QED) is 0.408. The van der Waals surface area contributed by atoms with Gasteiger partial charge in [-0.15, -0.1) is 11.3 Å². The van der Waals surface area contributed by atoms with Crippen molar-refractivity contribution in [3.8, 4) is 27.4 Å². The second-order valence-electron chi connectivity index (χ2n) is 6.79. The van der Waals surface area contributed by atoms with Crippen LogP contribution in [0.15, 0.2) is 66.7 Å². The van der Waals surface area contributed by atoms with Gasteiger partial charge in [-0.1, -0.05) is 36.4 Å². The average Bonchev–Trinajstić information content (AvgIpc) is 3.43. The highest BCUT2D eigenvalue weighted by Gasteiger charge is 2.31. The lowest BCUT2D eigenvalue weighted by Gasteiger charge is -2.07. The number of nitrogens with zero attached hydrogens (tertiary/aromatic N) is 2. The molecule has 0 spiro atoms. The molecule has 0 fully saturated rings. The zero-order chi connectivity index (χ0) is 22.0. The highest BCUT2D eigenvalue weighted by atomic mass is 32.1. The molecule has 6 nitrogen and oxygen atoms in total. The van der Waals surface area contributed by atoms with Crippen molar-refractivity contribution >= 4 is 23.3 Å². The Kier molecular flexibility index (Phi) is 5.68. The smallest absolute Gasteiger partial charge is 0.357 e. The summed E-state index contributed by atoms with van der Waals surface area (Å²) in [4.78, 5) is 27.8. The molecular formula is C24H20N2O4S. The number of benzene rings is 2. The van der Waals surface area contributed by atoms with E-state index in [0.717, 1.165) is 10.4 Å². The summed E-state index contributed by atoms with van der Waals surface area (Å²) in [5, 5.41) is 4.65. The molecule has 0 aliphatic carbocycles. The van der Waals surface area contributed by atoms with Gasteiger partial charge in [0.25, 0.3) is 0 Å². The summed E-state index contributed by atoms with van der Waals surface area (Å²) in [5.41, 5.74) is 2.77. The van der Waals surface area contributed by atoms with Gasteiger partial charge >= 0.3 is 11.9 Å². The van der Waals surface area contributed by atoms with Crippen molar-refractivity contribution in [2.75, 3.05) is 14.2 Å². The van der Waals surface area contributed by atoms with Crippen LogP contribution in [0, 0.1) is 6.92 Å². The first-order chi connectivity index (χ1) is 15.0. The molecule has 2 aromatic carbocycles. The summed E-state index contributed by atoms with van der Waals surface area (Å²) in [6.07, 6.45) is 0. The Hall–Kier alpha value is -3.71. The second-order valence-corrected chi connectivity index (χ2v) is 8.08. The van der Waals surface area contributed by atoms with Crippen molar-refractivity contribution in [2.24, 2.45) is 0 Å².